The minimum Gasteiger partial charge on any atom is -0.438 e. The Morgan fingerprint density at radius 1 is 0.850 bits per heavy atom. The molecule has 2 aromatic heterocycles. The Morgan fingerprint density at radius 3 is 2.40 bits per heavy atom. The third kappa shape index (κ3) is 4.61. The maximum Gasteiger partial charge on any atom is 0.228 e. The molecule has 0 aliphatic carbocycles. The second-order valence-electron chi connectivity index (χ2n) is 8.89. The lowest BCUT2D eigenvalue weighted by molar-refractivity contribution is 0.464. The Morgan fingerprint density at radius 2 is 1.62 bits per heavy atom. The van der Waals surface area contributed by atoms with Crippen LogP contribution < -0.4 is 20.8 Å². The number of hydrogen-bond acceptors (Lipinski definition) is 8. The number of ether oxygens (including phenoxy) is 1. The van der Waals surface area contributed by atoms with E-state index in [0.717, 1.165) is 12.1 Å². The van der Waals surface area contributed by atoms with Gasteiger partial charge in [-0.1, -0.05) is 30.3 Å². The van der Waals surface area contributed by atoms with Crippen LogP contribution in [0.4, 0.5) is 20.4 Å². The number of nitrogens with one attached hydrogen (secondary N) is 1. The number of halogens is 2. The molecule has 1 atom stereocenters. The summed E-state index contributed by atoms with van der Waals surface area (Å²) in [6.07, 6.45) is 2.23. The van der Waals surface area contributed by atoms with Gasteiger partial charge in [-0.05, 0) is 54.6 Å². The predicted octanol–water partition coefficient (Wildman–Crippen LogP) is 5.88. The van der Waals surface area contributed by atoms with E-state index in [1.807, 2.05) is 24.3 Å². The molecule has 6 rings (SSSR count). The molecule has 5 aromatic rings. The van der Waals surface area contributed by atoms with Crippen molar-refractivity contribution < 1.29 is 13.5 Å². The van der Waals surface area contributed by atoms with E-state index >= 15 is 4.39 Å². The van der Waals surface area contributed by atoms with Crippen molar-refractivity contribution in [3.8, 4) is 22.9 Å². The Hall–Kier alpha value is -5.22. The van der Waals surface area contributed by atoms with E-state index in [1.165, 1.54) is 5.01 Å². The molecule has 0 fully saturated rings. The van der Waals surface area contributed by atoms with Crippen molar-refractivity contribution in [2.24, 2.45) is 10.8 Å². The number of fused-ring (bicyclic) bond motifs is 1. The molecule has 3 heterocycles. The molecule has 1 aliphatic heterocycles. The minimum absolute atomic E-state index is 0.0399. The summed E-state index contributed by atoms with van der Waals surface area (Å²) in [6, 6.07) is 23.6. The average Bonchev–Trinajstić information content (AvgIpc) is 3.00. The van der Waals surface area contributed by atoms with Crippen LogP contribution in [0.3, 0.4) is 0 Å². The van der Waals surface area contributed by atoms with Gasteiger partial charge in [-0.25, -0.2) is 28.7 Å². The number of nitrogens with two attached hydrogens (primary N) is 1. The molecule has 0 saturated heterocycles. The van der Waals surface area contributed by atoms with Crippen LogP contribution in [0.2, 0.25) is 0 Å². The third-order valence-electron chi connectivity index (χ3n) is 6.43. The van der Waals surface area contributed by atoms with Crippen molar-refractivity contribution in [2.45, 2.75) is 6.17 Å². The topological polar surface area (TPSA) is 102 Å². The lowest BCUT2D eigenvalue weighted by atomic mass is 9.93. The molecule has 0 radical (unpaired) electrons. The van der Waals surface area contributed by atoms with Crippen LogP contribution in [-0.4, -0.2) is 27.7 Å². The van der Waals surface area contributed by atoms with Crippen molar-refractivity contribution in [2.75, 3.05) is 17.4 Å². The molecule has 1 unspecified atom stereocenters. The van der Waals surface area contributed by atoms with Gasteiger partial charge >= 0.3 is 0 Å². The first kappa shape index (κ1) is 25.1. The van der Waals surface area contributed by atoms with Gasteiger partial charge in [-0.2, -0.15) is 5.10 Å². The standard InChI is InChI=1S/C30H23F2N7O/c1-34-30-36-17-15-24(37-30)21-8-5-16-35-29(21)40-20-11-9-19(10-12-20)39-28(33)26-23(32)14-13-22(31)25(26)27(38-39)18-6-3-2-4-7-18/h2-17,28H,33H2,1H3,(H,34,36,37). The maximum absolute atomic E-state index is 15.0. The Bertz CT molecular complexity index is 1710. The van der Waals surface area contributed by atoms with Crippen LogP contribution in [-0.2, 0) is 0 Å². The van der Waals surface area contributed by atoms with Crippen molar-refractivity contribution >= 4 is 17.3 Å². The summed E-state index contributed by atoms with van der Waals surface area (Å²) in [6.45, 7) is 0. The Kier molecular flexibility index (Phi) is 6.59. The van der Waals surface area contributed by atoms with Crippen LogP contribution in [0.25, 0.3) is 11.3 Å². The highest BCUT2D eigenvalue weighted by molar-refractivity contribution is 6.15. The van der Waals surface area contributed by atoms with E-state index in [4.69, 9.17) is 10.5 Å². The number of hydrogen-bond donors (Lipinski definition) is 2. The minimum atomic E-state index is -1.05. The van der Waals surface area contributed by atoms with E-state index in [0.29, 0.717) is 45.8 Å². The first-order valence-electron chi connectivity index (χ1n) is 12.4. The number of anilines is 2. The number of rotatable bonds is 6. The molecule has 40 heavy (non-hydrogen) atoms. The summed E-state index contributed by atoms with van der Waals surface area (Å²) in [4.78, 5) is 13.0. The zero-order valence-electron chi connectivity index (χ0n) is 21.3. The fourth-order valence-electron chi connectivity index (χ4n) is 4.53. The summed E-state index contributed by atoms with van der Waals surface area (Å²) in [5, 5.41) is 9.07. The van der Waals surface area contributed by atoms with Gasteiger partial charge in [0.05, 0.1) is 16.9 Å². The largest absolute Gasteiger partial charge is 0.438 e. The van der Waals surface area contributed by atoms with Gasteiger partial charge in [0.15, 0.2) is 0 Å². The van der Waals surface area contributed by atoms with Crippen LogP contribution in [0.1, 0.15) is 22.9 Å². The first-order chi connectivity index (χ1) is 19.5. The molecule has 1 aliphatic rings. The summed E-state index contributed by atoms with van der Waals surface area (Å²) in [5.74, 6) is 0.145. The van der Waals surface area contributed by atoms with Crippen molar-refractivity contribution in [1.82, 2.24) is 15.0 Å². The number of hydrazone groups is 1. The molecular weight excluding hydrogens is 512 g/mol. The van der Waals surface area contributed by atoms with E-state index in [9.17, 15) is 4.39 Å². The fourth-order valence-corrected chi connectivity index (χ4v) is 4.53. The second kappa shape index (κ2) is 10.5. The quantitative estimate of drug-likeness (QED) is 0.280. The molecule has 10 heteroatoms. The van der Waals surface area contributed by atoms with Gasteiger partial charge in [0, 0.05) is 36.1 Å². The summed E-state index contributed by atoms with van der Waals surface area (Å²) in [7, 11) is 1.74. The van der Waals surface area contributed by atoms with Gasteiger partial charge in [0.2, 0.25) is 11.8 Å². The van der Waals surface area contributed by atoms with Crippen LogP contribution in [0.15, 0.2) is 102 Å². The first-order valence-corrected chi connectivity index (χ1v) is 12.4. The monoisotopic (exact) mass is 535 g/mol. The van der Waals surface area contributed by atoms with Gasteiger partial charge in [-0.3, -0.25) is 0 Å². The molecule has 0 amide bonds. The third-order valence-corrected chi connectivity index (χ3v) is 6.43. The number of pyridine rings is 1. The van der Waals surface area contributed by atoms with Crippen LogP contribution in [0.5, 0.6) is 11.6 Å². The predicted molar refractivity (Wildman–Crippen MR) is 149 cm³/mol. The normalized spacial score (nSPS) is 14.3. The maximum atomic E-state index is 15.0. The molecule has 8 nitrogen and oxygen atoms in total. The van der Waals surface area contributed by atoms with Crippen molar-refractivity contribution in [1.29, 1.82) is 0 Å². The molecule has 0 bridgehead atoms. The number of aromatic nitrogens is 3. The SMILES string of the molecule is CNc1nccc(-c2cccnc2Oc2ccc(N3N=C(c4ccccc4)c4c(F)ccc(F)c4C3N)cc2)n1. The van der Waals surface area contributed by atoms with Crippen LogP contribution in [0, 0.1) is 11.6 Å². The van der Waals surface area contributed by atoms with E-state index in [-0.39, 0.29) is 11.1 Å². The highest BCUT2D eigenvalue weighted by atomic mass is 19.1. The summed E-state index contributed by atoms with van der Waals surface area (Å²) < 4.78 is 36.1. The molecule has 0 saturated carbocycles. The lowest BCUT2D eigenvalue weighted by Crippen LogP contribution is -2.38. The number of nitrogens with zero attached hydrogens (tertiary/aromatic N) is 5. The van der Waals surface area contributed by atoms with Gasteiger partial charge < -0.3 is 15.8 Å². The van der Waals surface area contributed by atoms with E-state index in [1.54, 1.807) is 68.0 Å². The summed E-state index contributed by atoms with van der Waals surface area (Å²) >= 11 is 0. The van der Waals surface area contributed by atoms with Gasteiger partial charge in [0.25, 0.3) is 0 Å². The van der Waals surface area contributed by atoms with E-state index in [2.05, 4.69) is 25.4 Å². The molecule has 198 valence electrons. The Balaban J connectivity index is 1.34. The average molecular weight is 536 g/mol. The van der Waals surface area contributed by atoms with Crippen LogP contribution >= 0.6 is 0 Å². The highest BCUT2D eigenvalue weighted by Gasteiger charge is 2.33. The molecule has 3 N–H and O–H groups in total. The zero-order valence-corrected chi connectivity index (χ0v) is 21.3. The molecular formula is C30H23F2N7O. The van der Waals surface area contributed by atoms with Gasteiger partial charge in [-0.15, -0.1) is 0 Å². The van der Waals surface area contributed by atoms with Crippen molar-refractivity contribution in [3.63, 3.8) is 0 Å². The molecule has 3 aromatic carbocycles. The Labute approximate surface area is 228 Å². The smallest absolute Gasteiger partial charge is 0.228 e. The summed E-state index contributed by atoms with van der Waals surface area (Å²) in [5.41, 5.74) is 9.39. The fraction of sp³-hybridized carbons (Fsp3) is 0.0667. The zero-order chi connectivity index (χ0) is 27.6. The lowest BCUT2D eigenvalue weighted by Gasteiger charge is -2.33. The van der Waals surface area contributed by atoms with E-state index < -0.39 is 17.8 Å². The molecule has 0 spiro atoms. The van der Waals surface area contributed by atoms with Gasteiger partial charge in [0.1, 0.15) is 29.3 Å². The number of benzene rings is 3. The van der Waals surface area contributed by atoms with Crippen molar-refractivity contribution in [3.05, 3.63) is 126 Å². The second-order valence-corrected chi connectivity index (χ2v) is 8.89. The highest BCUT2D eigenvalue weighted by Crippen LogP contribution is 2.37.